The number of aliphatic hydroxyl groups is 1. The third-order valence-electron chi connectivity index (χ3n) is 1.25. The molecule has 0 radical (unpaired) electrons. The second-order valence-electron chi connectivity index (χ2n) is 1.93. The molecule has 0 bridgehead atoms. The van der Waals surface area contributed by atoms with Gasteiger partial charge in [-0.2, -0.15) is 0 Å². The first-order valence-corrected chi connectivity index (χ1v) is 2.87. The van der Waals surface area contributed by atoms with Crippen molar-refractivity contribution in [2.75, 3.05) is 13.7 Å². The number of esters is 1. The van der Waals surface area contributed by atoms with Gasteiger partial charge in [-0.3, -0.25) is 10.1 Å². The normalized spacial score (nSPS) is 32.2. The molecule has 0 saturated carbocycles. The lowest BCUT2D eigenvalue weighted by atomic mass is 10.3. The van der Waals surface area contributed by atoms with Gasteiger partial charge < -0.3 is 14.6 Å². The topological polar surface area (TPSA) is 67.8 Å². The molecule has 58 valence electrons. The van der Waals surface area contributed by atoms with Crippen LogP contribution in [0.5, 0.6) is 0 Å². The number of aliphatic hydroxyl groups excluding tert-OH is 1. The third kappa shape index (κ3) is 1.44. The molecule has 0 spiro atoms. The minimum atomic E-state index is -1.04. The van der Waals surface area contributed by atoms with Crippen molar-refractivity contribution in [3.63, 3.8) is 0 Å². The van der Waals surface area contributed by atoms with E-state index in [1.54, 1.807) is 0 Å². The summed E-state index contributed by atoms with van der Waals surface area (Å²) in [7, 11) is 1.29. The second kappa shape index (κ2) is 2.96. The molecule has 0 aliphatic carbocycles. The van der Waals surface area contributed by atoms with E-state index < -0.39 is 18.4 Å². The molecule has 1 unspecified atom stereocenters. The predicted octanol–water partition coefficient (Wildman–Crippen LogP) is -1.58. The van der Waals surface area contributed by atoms with E-state index in [1.807, 2.05) is 0 Å². The summed E-state index contributed by atoms with van der Waals surface area (Å²) >= 11 is 0. The van der Waals surface area contributed by atoms with Gasteiger partial charge in [0.1, 0.15) is 6.04 Å². The molecule has 10 heavy (non-hydrogen) atoms. The largest absolute Gasteiger partial charge is 0.468 e. The highest BCUT2D eigenvalue weighted by molar-refractivity contribution is 5.76. The molecule has 1 aliphatic heterocycles. The molecule has 0 aromatic carbocycles. The summed E-state index contributed by atoms with van der Waals surface area (Å²) in [5.74, 6) is -0.420. The summed E-state index contributed by atoms with van der Waals surface area (Å²) in [5.41, 5.74) is 0. The smallest absolute Gasteiger partial charge is 0.325 e. The minimum Gasteiger partial charge on any atom is -0.468 e. The molecule has 1 aliphatic rings. The number of rotatable bonds is 1. The molecule has 0 amide bonds. The van der Waals surface area contributed by atoms with Crippen LogP contribution in [0.25, 0.3) is 0 Å². The Bertz CT molecular complexity index is 138. The summed E-state index contributed by atoms with van der Waals surface area (Å²) in [4.78, 5) is 10.7. The maximum Gasteiger partial charge on any atom is 0.325 e. The average Bonchev–Trinajstić information content (AvgIpc) is 2.34. The molecule has 1 heterocycles. The van der Waals surface area contributed by atoms with Crippen LogP contribution in [0.2, 0.25) is 0 Å². The lowest BCUT2D eigenvalue weighted by Gasteiger charge is -2.04. The lowest BCUT2D eigenvalue weighted by molar-refractivity contribution is -0.142. The van der Waals surface area contributed by atoms with Crippen LogP contribution < -0.4 is 5.32 Å². The van der Waals surface area contributed by atoms with Crippen molar-refractivity contribution in [3.05, 3.63) is 0 Å². The first-order valence-electron chi connectivity index (χ1n) is 2.87. The van der Waals surface area contributed by atoms with E-state index in [1.165, 1.54) is 7.11 Å². The quantitative estimate of drug-likeness (QED) is 0.438. The molecule has 5 heteroatoms. The Morgan fingerprint density at radius 1 is 1.90 bits per heavy atom. The highest BCUT2D eigenvalue weighted by Gasteiger charge is 2.28. The fraction of sp³-hybridized carbons (Fsp3) is 0.800. The molecule has 2 N–H and O–H groups in total. The van der Waals surface area contributed by atoms with Gasteiger partial charge in [0.2, 0.25) is 6.41 Å². The molecule has 1 rings (SSSR count). The van der Waals surface area contributed by atoms with Crippen molar-refractivity contribution >= 4 is 5.97 Å². The van der Waals surface area contributed by atoms with Gasteiger partial charge in [-0.05, 0) is 0 Å². The summed E-state index contributed by atoms with van der Waals surface area (Å²) in [5, 5.41) is 11.2. The Morgan fingerprint density at radius 2 is 2.60 bits per heavy atom. The SMILES string of the molecule is COC(=O)[C@@H]1COC(O)N1. The third-order valence-corrected chi connectivity index (χ3v) is 1.25. The average molecular weight is 147 g/mol. The summed E-state index contributed by atoms with van der Waals surface area (Å²) in [6.07, 6.45) is -1.04. The number of carbonyl (C=O) groups is 1. The van der Waals surface area contributed by atoms with Gasteiger partial charge in [-0.1, -0.05) is 0 Å². The van der Waals surface area contributed by atoms with Crippen LogP contribution in [-0.2, 0) is 14.3 Å². The van der Waals surface area contributed by atoms with Crippen LogP contribution in [-0.4, -0.2) is 37.2 Å². The van der Waals surface area contributed by atoms with Crippen molar-refractivity contribution in [2.24, 2.45) is 0 Å². The van der Waals surface area contributed by atoms with Gasteiger partial charge in [-0.15, -0.1) is 0 Å². The number of methoxy groups -OCH3 is 1. The van der Waals surface area contributed by atoms with Crippen molar-refractivity contribution in [1.29, 1.82) is 0 Å². The maximum absolute atomic E-state index is 10.7. The Balaban J connectivity index is 2.37. The molecular formula is C5H9NO4. The predicted molar refractivity (Wildman–Crippen MR) is 30.9 cm³/mol. The molecule has 2 atom stereocenters. The fourth-order valence-corrected chi connectivity index (χ4v) is 0.734. The van der Waals surface area contributed by atoms with E-state index in [0.29, 0.717) is 0 Å². The van der Waals surface area contributed by atoms with E-state index in [4.69, 9.17) is 5.11 Å². The lowest BCUT2D eigenvalue weighted by Crippen LogP contribution is -2.37. The van der Waals surface area contributed by atoms with Gasteiger partial charge in [0.25, 0.3) is 0 Å². The van der Waals surface area contributed by atoms with Crippen molar-refractivity contribution < 1.29 is 19.4 Å². The van der Waals surface area contributed by atoms with Crippen LogP contribution in [0.3, 0.4) is 0 Å². The van der Waals surface area contributed by atoms with Crippen LogP contribution in [0, 0.1) is 0 Å². The van der Waals surface area contributed by atoms with Gasteiger partial charge in [0.15, 0.2) is 0 Å². The van der Waals surface area contributed by atoms with E-state index in [-0.39, 0.29) is 6.61 Å². The minimum absolute atomic E-state index is 0.161. The number of carbonyl (C=O) groups excluding carboxylic acids is 1. The van der Waals surface area contributed by atoms with Crippen molar-refractivity contribution in [2.45, 2.75) is 12.5 Å². The van der Waals surface area contributed by atoms with Gasteiger partial charge in [-0.25, -0.2) is 0 Å². The first kappa shape index (κ1) is 7.46. The monoisotopic (exact) mass is 147 g/mol. The molecule has 1 fully saturated rings. The highest BCUT2D eigenvalue weighted by atomic mass is 16.6. The Hall–Kier alpha value is -0.650. The first-order chi connectivity index (χ1) is 4.74. The maximum atomic E-state index is 10.7. The molecule has 0 aromatic heterocycles. The highest BCUT2D eigenvalue weighted by Crippen LogP contribution is 2.00. The van der Waals surface area contributed by atoms with E-state index in [9.17, 15) is 4.79 Å². The molecular weight excluding hydrogens is 138 g/mol. The zero-order valence-corrected chi connectivity index (χ0v) is 5.53. The summed E-state index contributed by atoms with van der Waals surface area (Å²) in [6.45, 7) is 0.161. The van der Waals surface area contributed by atoms with Gasteiger partial charge >= 0.3 is 5.97 Å². The fourth-order valence-electron chi connectivity index (χ4n) is 0.734. The Morgan fingerprint density at radius 3 is 3.00 bits per heavy atom. The molecule has 0 aromatic rings. The Kier molecular flexibility index (Phi) is 2.21. The van der Waals surface area contributed by atoms with Crippen molar-refractivity contribution in [3.8, 4) is 0 Å². The van der Waals surface area contributed by atoms with Crippen LogP contribution >= 0.6 is 0 Å². The zero-order chi connectivity index (χ0) is 7.56. The number of nitrogens with one attached hydrogen (secondary N) is 1. The number of hydrogen-bond acceptors (Lipinski definition) is 5. The second-order valence-corrected chi connectivity index (χ2v) is 1.93. The van der Waals surface area contributed by atoms with Gasteiger partial charge in [0, 0.05) is 0 Å². The number of ether oxygens (including phenoxy) is 2. The van der Waals surface area contributed by atoms with Crippen LogP contribution in [0.15, 0.2) is 0 Å². The molecule has 1 saturated heterocycles. The summed E-state index contributed by atoms with van der Waals surface area (Å²) < 4.78 is 9.02. The standard InChI is InChI=1S/C5H9NO4/c1-9-4(7)3-2-10-5(8)6-3/h3,5-6,8H,2H2,1H3/t3-,5?/m0/s1. The number of hydrogen-bond donors (Lipinski definition) is 2. The summed E-state index contributed by atoms with van der Waals surface area (Å²) in [6, 6.07) is -0.528. The van der Waals surface area contributed by atoms with Crippen LogP contribution in [0.4, 0.5) is 0 Å². The van der Waals surface area contributed by atoms with Gasteiger partial charge in [0.05, 0.1) is 13.7 Å². The van der Waals surface area contributed by atoms with E-state index >= 15 is 0 Å². The zero-order valence-electron chi connectivity index (χ0n) is 5.53. The van der Waals surface area contributed by atoms with Crippen LogP contribution in [0.1, 0.15) is 0 Å². The molecule has 5 nitrogen and oxygen atoms in total. The van der Waals surface area contributed by atoms with E-state index in [0.717, 1.165) is 0 Å². The van der Waals surface area contributed by atoms with Crippen molar-refractivity contribution in [1.82, 2.24) is 5.32 Å². The Labute approximate surface area is 57.9 Å². The van der Waals surface area contributed by atoms with E-state index in [2.05, 4.69) is 14.8 Å².